The van der Waals surface area contributed by atoms with Crippen LogP contribution in [0.25, 0.3) is 0 Å². The number of hydrogen-bond donors (Lipinski definition) is 0. The van der Waals surface area contributed by atoms with Gasteiger partial charge in [-0.2, -0.15) is 0 Å². The molecule has 0 heterocycles. The third-order valence-electron chi connectivity index (χ3n) is 7.63. The lowest BCUT2D eigenvalue weighted by Crippen LogP contribution is -2.16. The first-order valence-corrected chi connectivity index (χ1v) is 12.6. The standard InChI is InChI=1S/C28H43F/c1-3-5-22-7-9-23(10-8-22)11-12-24-13-15-25(16-14-24)17-18-26-19-20-27(6-4-2)28(29)21-26/h15,19-24H,3-14,16-18H2,1-2H3/t22-,23-,24?. The minimum atomic E-state index is -0.00855. The summed E-state index contributed by atoms with van der Waals surface area (Å²) in [6.07, 6.45) is 22.1. The molecule has 0 nitrogen and oxygen atoms in total. The zero-order chi connectivity index (χ0) is 20.5. The van der Waals surface area contributed by atoms with Gasteiger partial charge in [0.05, 0.1) is 0 Å². The lowest BCUT2D eigenvalue weighted by Gasteiger charge is -2.30. The van der Waals surface area contributed by atoms with Gasteiger partial charge in [0.1, 0.15) is 5.82 Å². The van der Waals surface area contributed by atoms with Crippen molar-refractivity contribution >= 4 is 0 Å². The van der Waals surface area contributed by atoms with Crippen molar-refractivity contribution in [1.82, 2.24) is 0 Å². The molecule has 2 aliphatic rings. The largest absolute Gasteiger partial charge is 0.207 e. The van der Waals surface area contributed by atoms with Crippen LogP contribution >= 0.6 is 0 Å². The highest BCUT2D eigenvalue weighted by atomic mass is 19.1. The van der Waals surface area contributed by atoms with E-state index >= 15 is 0 Å². The van der Waals surface area contributed by atoms with E-state index in [0.29, 0.717) is 0 Å². The Morgan fingerprint density at radius 2 is 1.52 bits per heavy atom. The molecule has 0 N–H and O–H groups in total. The van der Waals surface area contributed by atoms with Crippen molar-refractivity contribution in [2.45, 2.75) is 110 Å². The molecule has 0 spiro atoms. The Morgan fingerprint density at radius 1 is 0.793 bits per heavy atom. The molecule has 3 rings (SSSR count). The summed E-state index contributed by atoms with van der Waals surface area (Å²) in [7, 11) is 0. The van der Waals surface area contributed by atoms with Crippen LogP contribution in [0.5, 0.6) is 0 Å². The van der Waals surface area contributed by atoms with E-state index in [1.54, 1.807) is 11.6 Å². The average Bonchev–Trinajstić information content (AvgIpc) is 2.74. The summed E-state index contributed by atoms with van der Waals surface area (Å²) in [5.74, 6) is 2.95. The Hall–Kier alpha value is -1.11. The van der Waals surface area contributed by atoms with Crippen molar-refractivity contribution < 1.29 is 4.39 Å². The molecule has 0 bridgehead atoms. The fourth-order valence-electron chi connectivity index (χ4n) is 5.64. The summed E-state index contributed by atoms with van der Waals surface area (Å²) in [5, 5.41) is 0. The number of benzene rings is 1. The number of halogens is 1. The highest BCUT2D eigenvalue weighted by molar-refractivity contribution is 5.25. The summed E-state index contributed by atoms with van der Waals surface area (Å²) in [6, 6.07) is 5.90. The maximum Gasteiger partial charge on any atom is 0.126 e. The summed E-state index contributed by atoms with van der Waals surface area (Å²) in [4.78, 5) is 0. The van der Waals surface area contributed by atoms with Gasteiger partial charge in [0, 0.05) is 0 Å². The summed E-state index contributed by atoms with van der Waals surface area (Å²) >= 11 is 0. The number of rotatable bonds is 10. The number of hydrogen-bond acceptors (Lipinski definition) is 0. The lowest BCUT2D eigenvalue weighted by molar-refractivity contribution is 0.236. The van der Waals surface area contributed by atoms with Gasteiger partial charge < -0.3 is 0 Å². The van der Waals surface area contributed by atoms with Crippen LogP contribution in [0.1, 0.15) is 108 Å². The third kappa shape index (κ3) is 7.26. The topological polar surface area (TPSA) is 0 Å². The van der Waals surface area contributed by atoms with Crippen LogP contribution in [0.15, 0.2) is 29.8 Å². The van der Waals surface area contributed by atoms with Gasteiger partial charge in [-0.25, -0.2) is 4.39 Å². The molecular formula is C28H43F. The second kappa shape index (κ2) is 11.9. The van der Waals surface area contributed by atoms with Crippen LogP contribution < -0.4 is 0 Å². The van der Waals surface area contributed by atoms with E-state index in [0.717, 1.165) is 54.6 Å². The Morgan fingerprint density at radius 3 is 2.14 bits per heavy atom. The van der Waals surface area contributed by atoms with Gasteiger partial charge in [0.15, 0.2) is 0 Å². The van der Waals surface area contributed by atoms with Crippen LogP contribution in [0.3, 0.4) is 0 Å². The molecule has 162 valence electrons. The van der Waals surface area contributed by atoms with E-state index in [-0.39, 0.29) is 5.82 Å². The van der Waals surface area contributed by atoms with Crippen molar-refractivity contribution in [1.29, 1.82) is 0 Å². The summed E-state index contributed by atoms with van der Waals surface area (Å²) in [6.45, 7) is 4.44. The molecule has 0 aromatic heterocycles. The van der Waals surface area contributed by atoms with Gasteiger partial charge in [-0.1, -0.05) is 89.0 Å². The van der Waals surface area contributed by atoms with Gasteiger partial charge in [0.2, 0.25) is 0 Å². The van der Waals surface area contributed by atoms with Crippen molar-refractivity contribution in [3.05, 3.63) is 46.8 Å². The molecule has 29 heavy (non-hydrogen) atoms. The molecule has 0 radical (unpaired) electrons. The van der Waals surface area contributed by atoms with Gasteiger partial charge >= 0.3 is 0 Å². The fourth-order valence-corrected chi connectivity index (χ4v) is 5.64. The van der Waals surface area contributed by atoms with E-state index in [4.69, 9.17) is 0 Å². The SMILES string of the molecule is CCCc1ccc(CCC2=CCC(CC[C@H]3CC[C@H](CCC)CC3)CC2)cc1F. The van der Waals surface area contributed by atoms with Crippen molar-refractivity contribution in [3.63, 3.8) is 0 Å². The Kier molecular flexibility index (Phi) is 9.28. The zero-order valence-corrected chi connectivity index (χ0v) is 19.0. The van der Waals surface area contributed by atoms with Crippen LogP contribution in [0.4, 0.5) is 4.39 Å². The maximum absolute atomic E-state index is 14.1. The Balaban J connectivity index is 1.35. The maximum atomic E-state index is 14.1. The van der Waals surface area contributed by atoms with Gasteiger partial charge in [-0.15, -0.1) is 0 Å². The summed E-state index contributed by atoms with van der Waals surface area (Å²) < 4.78 is 14.1. The molecule has 0 aliphatic heterocycles. The van der Waals surface area contributed by atoms with E-state index in [9.17, 15) is 4.39 Å². The smallest absolute Gasteiger partial charge is 0.126 e. The molecule has 1 aromatic carbocycles. The molecule has 1 heteroatoms. The van der Waals surface area contributed by atoms with Crippen molar-refractivity contribution in [3.8, 4) is 0 Å². The molecule has 1 fully saturated rings. The highest BCUT2D eigenvalue weighted by Gasteiger charge is 2.22. The van der Waals surface area contributed by atoms with Crippen LogP contribution in [-0.2, 0) is 12.8 Å². The van der Waals surface area contributed by atoms with Gasteiger partial charge in [-0.05, 0) is 79.9 Å². The second-order valence-electron chi connectivity index (χ2n) is 9.93. The first kappa shape index (κ1) is 22.6. The van der Waals surface area contributed by atoms with E-state index in [1.807, 2.05) is 6.07 Å². The van der Waals surface area contributed by atoms with Gasteiger partial charge in [0.25, 0.3) is 0 Å². The number of allylic oxidation sites excluding steroid dienone is 2. The fraction of sp³-hybridized carbons (Fsp3) is 0.714. The molecule has 0 saturated heterocycles. The minimum absolute atomic E-state index is 0.00855. The quantitative estimate of drug-likeness (QED) is 0.345. The first-order chi connectivity index (χ1) is 14.2. The predicted molar refractivity (Wildman–Crippen MR) is 124 cm³/mol. The molecule has 1 saturated carbocycles. The highest BCUT2D eigenvalue weighted by Crippen LogP contribution is 2.36. The van der Waals surface area contributed by atoms with Gasteiger partial charge in [-0.3, -0.25) is 0 Å². The van der Waals surface area contributed by atoms with Crippen molar-refractivity contribution in [2.24, 2.45) is 17.8 Å². The second-order valence-corrected chi connectivity index (χ2v) is 9.93. The van der Waals surface area contributed by atoms with E-state index in [1.165, 1.54) is 70.6 Å². The normalized spacial score (nSPS) is 25.1. The first-order valence-electron chi connectivity index (χ1n) is 12.6. The molecule has 0 amide bonds. The predicted octanol–water partition coefficient (Wildman–Crippen LogP) is 8.82. The third-order valence-corrected chi connectivity index (χ3v) is 7.63. The van der Waals surface area contributed by atoms with Crippen molar-refractivity contribution in [2.75, 3.05) is 0 Å². The van der Waals surface area contributed by atoms with E-state index < -0.39 is 0 Å². The van der Waals surface area contributed by atoms with Crippen LogP contribution in [-0.4, -0.2) is 0 Å². The van der Waals surface area contributed by atoms with E-state index in [2.05, 4.69) is 26.0 Å². The Bertz CT molecular complexity index is 636. The van der Waals surface area contributed by atoms with Crippen LogP contribution in [0.2, 0.25) is 0 Å². The minimum Gasteiger partial charge on any atom is -0.207 e. The lowest BCUT2D eigenvalue weighted by atomic mass is 9.76. The van der Waals surface area contributed by atoms with Crippen LogP contribution in [0, 0.1) is 23.6 Å². The number of aryl methyl sites for hydroxylation is 2. The Labute approximate surface area is 179 Å². The monoisotopic (exact) mass is 398 g/mol. The molecule has 1 atom stereocenters. The molecule has 2 aliphatic carbocycles. The average molecular weight is 399 g/mol. The molecular weight excluding hydrogens is 355 g/mol. The summed E-state index contributed by atoms with van der Waals surface area (Å²) in [5.41, 5.74) is 3.64. The molecule has 1 unspecified atom stereocenters. The zero-order valence-electron chi connectivity index (χ0n) is 19.0. The molecule has 1 aromatic rings.